The zero-order chi connectivity index (χ0) is 14.4. The maximum absolute atomic E-state index is 12.2. The predicted octanol–water partition coefficient (Wildman–Crippen LogP) is 0.893. The Bertz CT molecular complexity index is 332. The van der Waals surface area contributed by atoms with Crippen molar-refractivity contribution in [2.24, 2.45) is 5.92 Å². The summed E-state index contributed by atoms with van der Waals surface area (Å²) in [6.07, 6.45) is 5.95. The van der Waals surface area contributed by atoms with Gasteiger partial charge >= 0.3 is 0 Å². The number of likely N-dealkylation sites (tertiary alicyclic amines) is 1. The molecule has 2 amide bonds. The first-order valence-electron chi connectivity index (χ1n) is 7.90. The van der Waals surface area contributed by atoms with Crippen LogP contribution in [0.15, 0.2) is 0 Å². The molecule has 2 saturated heterocycles. The van der Waals surface area contributed by atoms with E-state index >= 15 is 0 Å². The molecule has 0 bridgehead atoms. The van der Waals surface area contributed by atoms with Crippen LogP contribution in [0.5, 0.6) is 0 Å². The van der Waals surface area contributed by atoms with E-state index in [1.165, 1.54) is 12.8 Å². The zero-order valence-electron chi connectivity index (χ0n) is 12.5. The van der Waals surface area contributed by atoms with Crippen molar-refractivity contribution in [1.82, 2.24) is 15.5 Å². The Morgan fingerprint density at radius 1 is 1.25 bits per heavy atom. The molecule has 0 saturated carbocycles. The van der Waals surface area contributed by atoms with Gasteiger partial charge in [-0.1, -0.05) is 0 Å². The van der Waals surface area contributed by atoms with E-state index in [1.807, 2.05) is 4.90 Å². The summed E-state index contributed by atoms with van der Waals surface area (Å²) in [4.78, 5) is 25.2. The van der Waals surface area contributed by atoms with Crippen LogP contribution in [0, 0.1) is 5.92 Å². The van der Waals surface area contributed by atoms with Gasteiger partial charge in [0.1, 0.15) is 0 Å². The van der Waals surface area contributed by atoms with Crippen LogP contribution in [0.4, 0.5) is 0 Å². The lowest BCUT2D eigenvalue weighted by Crippen LogP contribution is -2.46. The molecule has 0 radical (unpaired) electrons. The van der Waals surface area contributed by atoms with E-state index in [9.17, 15) is 9.59 Å². The summed E-state index contributed by atoms with van der Waals surface area (Å²) in [5, 5.41) is 6.34. The van der Waals surface area contributed by atoms with Gasteiger partial charge in [0.25, 0.3) is 0 Å². The van der Waals surface area contributed by atoms with Crippen molar-refractivity contribution in [2.75, 3.05) is 26.2 Å². The first-order valence-corrected chi connectivity index (χ1v) is 7.90. The lowest BCUT2D eigenvalue weighted by Gasteiger charge is -2.32. The molecule has 2 aliphatic rings. The van der Waals surface area contributed by atoms with Gasteiger partial charge in [-0.2, -0.15) is 0 Å². The van der Waals surface area contributed by atoms with E-state index in [2.05, 4.69) is 10.6 Å². The molecule has 0 spiro atoms. The standard InChI is InChI=1S/C15H27N3O2/c1-12(19)17-14-6-9-18(10-7-14)15(20)5-4-13-3-2-8-16-11-13/h13-14,16H,2-11H2,1H3,(H,17,19). The third kappa shape index (κ3) is 4.78. The van der Waals surface area contributed by atoms with Gasteiger partial charge in [-0.05, 0) is 51.1 Å². The van der Waals surface area contributed by atoms with Crippen molar-refractivity contribution in [2.45, 2.75) is 51.5 Å². The minimum atomic E-state index is 0.0274. The Hall–Kier alpha value is -1.10. The summed E-state index contributed by atoms with van der Waals surface area (Å²) in [5.41, 5.74) is 0. The molecule has 0 aromatic heterocycles. The Kier molecular flexibility index (Phi) is 5.83. The Morgan fingerprint density at radius 2 is 2.00 bits per heavy atom. The lowest BCUT2D eigenvalue weighted by molar-refractivity contribution is -0.132. The smallest absolute Gasteiger partial charge is 0.222 e. The van der Waals surface area contributed by atoms with Gasteiger partial charge in [0.15, 0.2) is 0 Å². The SMILES string of the molecule is CC(=O)NC1CCN(C(=O)CCC2CCCNC2)CC1. The Labute approximate surface area is 121 Å². The van der Waals surface area contributed by atoms with E-state index in [0.29, 0.717) is 12.3 Å². The third-order valence-corrected chi connectivity index (χ3v) is 4.42. The maximum atomic E-state index is 12.2. The van der Waals surface area contributed by atoms with Crippen LogP contribution >= 0.6 is 0 Å². The maximum Gasteiger partial charge on any atom is 0.222 e. The summed E-state index contributed by atoms with van der Waals surface area (Å²) in [5.74, 6) is 0.987. The van der Waals surface area contributed by atoms with Gasteiger partial charge in [-0.15, -0.1) is 0 Å². The molecule has 20 heavy (non-hydrogen) atoms. The molecule has 2 N–H and O–H groups in total. The van der Waals surface area contributed by atoms with Crippen LogP contribution in [0.3, 0.4) is 0 Å². The number of nitrogens with zero attached hydrogens (tertiary/aromatic N) is 1. The van der Waals surface area contributed by atoms with Gasteiger partial charge in [-0.25, -0.2) is 0 Å². The molecule has 0 aromatic rings. The number of hydrogen-bond donors (Lipinski definition) is 2. The highest BCUT2D eigenvalue weighted by molar-refractivity contribution is 5.76. The van der Waals surface area contributed by atoms with Crippen molar-refractivity contribution in [3.8, 4) is 0 Å². The molecular formula is C15H27N3O2. The molecule has 1 unspecified atom stereocenters. The number of carbonyl (C=O) groups is 2. The molecular weight excluding hydrogens is 254 g/mol. The molecule has 2 heterocycles. The Morgan fingerprint density at radius 3 is 2.60 bits per heavy atom. The normalized spacial score (nSPS) is 24.4. The van der Waals surface area contributed by atoms with Crippen LogP contribution < -0.4 is 10.6 Å². The molecule has 2 fully saturated rings. The fraction of sp³-hybridized carbons (Fsp3) is 0.867. The summed E-state index contributed by atoms with van der Waals surface area (Å²) in [7, 11) is 0. The molecule has 1 atom stereocenters. The minimum Gasteiger partial charge on any atom is -0.353 e. The molecule has 5 nitrogen and oxygen atoms in total. The van der Waals surface area contributed by atoms with Gasteiger partial charge in [-0.3, -0.25) is 9.59 Å². The number of amides is 2. The van der Waals surface area contributed by atoms with Crippen molar-refractivity contribution >= 4 is 11.8 Å². The molecule has 5 heteroatoms. The van der Waals surface area contributed by atoms with Crippen LogP contribution in [0.1, 0.15) is 45.4 Å². The van der Waals surface area contributed by atoms with Crippen molar-refractivity contribution in [1.29, 1.82) is 0 Å². The average Bonchev–Trinajstić information content (AvgIpc) is 2.46. The first-order chi connectivity index (χ1) is 9.65. The van der Waals surface area contributed by atoms with E-state index < -0.39 is 0 Å². The summed E-state index contributed by atoms with van der Waals surface area (Å²) in [6.45, 7) is 5.31. The van der Waals surface area contributed by atoms with Gasteiger partial charge in [0.2, 0.25) is 11.8 Å². The van der Waals surface area contributed by atoms with E-state index in [0.717, 1.165) is 45.4 Å². The molecule has 0 aliphatic carbocycles. The minimum absolute atomic E-state index is 0.0274. The van der Waals surface area contributed by atoms with Crippen LogP contribution in [-0.4, -0.2) is 48.9 Å². The average molecular weight is 281 g/mol. The monoisotopic (exact) mass is 281 g/mol. The second kappa shape index (κ2) is 7.62. The summed E-state index contributed by atoms with van der Waals surface area (Å²) >= 11 is 0. The topological polar surface area (TPSA) is 61.4 Å². The largest absolute Gasteiger partial charge is 0.353 e. The van der Waals surface area contributed by atoms with Gasteiger partial charge in [0.05, 0.1) is 0 Å². The van der Waals surface area contributed by atoms with E-state index in [1.54, 1.807) is 6.92 Å². The number of hydrogen-bond acceptors (Lipinski definition) is 3. The number of carbonyl (C=O) groups excluding carboxylic acids is 2. The van der Waals surface area contributed by atoms with Crippen molar-refractivity contribution in [3.05, 3.63) is 0 Å². The van der Waals surface area contributed by atoms with E-state index in [-0.39, 0.29) is 17.9 Å². The van der Waals surface area contributed by atoms with Gasteiger partial charge < -0.3 is 15.5 Å². The fourth-order valence-corrected chi connectivity index (χ4v) is 3.22. The third-order valence-electron chi connectivity index (χ3n) is 4.42. The highest BCUT2D eigenvalue weighted by Crippen LogP contribution is 2.18. The molecule has 2 aliphatic heterocycles. The van der Waals surface area contributed by atoms with Gasteiger partial charge in [0, 0.05) is 32.5 Å². The van der Waals surface area contributed by atoms with Crippen LogP contribution in [-0.2, 0) is 9.59 Å². The zero-order valence-corrected chi connectivity index (χ0v) is 12.5. The van der Waals surface area contributed by atoms with Crippen molar-refractivity contribution in [3.63, 3.8) is 0 Å². The van der Waals surface area contributed by atoms with Crippen LogP contribution in [0.25, 0.3) is 0 Å². The van der Waals surface area contributed by atoms with Crippen LogP contribution in [0.2, 0.25) is 0 Å². The Balaban J connectivity index is 1.65. The quantitative estimate of drug-likeness (QED) is 0.804. The number of rotatable bonds is 4. The first kappa shape index (κ1) is 15.3. The lowest BCUT2D eigenvalue weighted by atomic mass is 9.94. The molecule has 2 rings (SSSR count). The second-order valence-electron chi connectivity index (χ2n) is 6.11. The predicted molar refractivity (Wildman–Crippen MR) is 78.2 cm³/mol. The second-order valence-corrected chi connectivity index (χ2v) is 6.11. The summed E-state index contributed by atoms with van der Waals surface area (Å²) < 4.78 is 0. The number of piperidine rings is 2. The highest BCUT2D eigenvalue weighted by Gasteiger charge is 2.23. The molecule has 114 valence electrons. The van der Waals surface area contributed by atoms with E-state index in [4.69, 9.17) is 0 Å². The number of nitrogens with one attached hydrogen (secondary N) is 2. The summed E-state index contributed by atoms with van der Waals surface area (Å²) in [6, 6.07) is 0.249. The molecule has 0 aromatic carbocycles. The fourth-order valence-electron chi connectivity index (χ4n) is 3.22. The van der Waals surface area contributed by atoms with Crippen molar-refractivity contribution < 1.29 is 9.59 Å². The highest BCUT2D eigenvalue weighted by atomic mass is 16.2.